The maximum Gasteiger partial charge on any atom is 0.286 e. The highest BCUT2D eigenvalue weighted by atomic mass is 32.1. The minimum atomic E-state index is -0.335. The van der Waals surface area contributed by atoms with Crippen molar-refractivity contribution in [1.29, 1.82) is 0 Å². The number of hydrogen-bond acceptors (Lipinski definition) is 7. The summed E-state index contributed by atoms with van der Waals surface area (Å²) in [5, 5.41) is 20.7. The fourth-order valence-corrected chi connectivity index (χ4v) is 2.81. The van der Waals surface area contributed by atoms with Crippen LogP contribution in [0.2, 0.25) is 0 Å². The quantitative estimate of drug-likeness (QED) is 0.541. The molecule has 0 aliphatic heterocycles. The van der Waals surface area contributed by atoms with Crippen LogP contribution >= 0.6 is 11.3 Å². The van der Waals surface area contributed by atoms with Crippen molar-refractivity contribution in [3.8, 4) is 0 Å². The van der Waals surface area contributed by atoms with E-state index in [0.717, 1.165) is 22.6 Å². The summed E-state index contributed by atoms with van der Waals surface area (Å²) in [6.45, 7) is 2.26. The predicted octanol–water partition coefficient (Wildman–Crippen LogP) is 1.65. The molecule has 0 saturated carbocycles. The SMILES string of the molecule is Cc1[nH]ncc1CNC(=O)COCc1nnc(C(=O)Nc2ccccc2)s1. The van der Waals surface area contributed by atoms with Crippen molar-refractivity contribution >= 4 is 28.8 Å². The van der Waals surface area contributed by atoms with Gasteiger partial charge < -0.3 is 15.4 Å². The molecule has 10 heteroatoms. The van der Waals surface area contributed by atoms with Crippen molar-refractivity contribution in [2.24, 2.45) is 0 Å². The Kier molecular flexibility index (Phi) is 6.23. The van der Waals surface area contributed by atoms with Crippen LogP contribution in [0.15, 0.2) is 36.5 Å². The van der Waals surface area contributed by atoms with E-state index in [1.807, 2.05) is 25.1 Å². The maximum atomic E-state index is 12.1. The highest BCUT2D eigenvalue weighted by Gasteiger charge is 2.13. The topological polar surface area (TPSA) is 122 Å². The number of para-hydroxylation sites is 1. The van der Waals surface area contributed by atoms with Crippen LogP contribution in [0.5, 0.6) is 0 Å². The lowest BCUT2D eigenvalue weighted by atomic mass is 10.2. The predicted molar refractivity (Wildman–Crippen MR) is 99.1 cm³/mol. The number of nitrogens with zero attached hydrogens (tertiary/aromatic N) is 3. The molecule has 3 rings (SSSR count). The molecule has 0 fully saturated rings. The van der Waals surface area contributed by atoms with Gasteiger partial charge in [0.05, 0.1) is 6.20 Å². The fraction of sp³-hybridized carbons (Fsp3) is 0.235. The highest BCUT2D eigenvalue weighted by Crippen LogP contribution is 2.13. The Bertz CT molecular complexity index is 908. The molecule has 0 unspecified atom stereocenters. The van der Waals surface area contributed by atoms with Gasteiger partial charge in [-0.2, -0.15) is 5.10 Å². The van der Waals surface area contributed by atoms with Crippen LogP contribution < -0.4 is 10.6 Å². The number of carbonyl (C=O) groups is 2. The average Bonchev–Trinajstić information content (AvgIpc) is 3.30. The van der Waals surface area contributed by atoms with Crippen molar-refractivity contribution in [3.63, 3.8) is 0 Å². The van der Waals surface area contributed by atoms with Crippen molar-refractivity contribution in [2.75, 3.05) is 11.9 Å². The number of rotatable bonds is 8. The van der Waals surface area contributed by atoms with E-state index in [-0.39, 0.29) is 30.0 Å². The summed E-state index contributed by atoms with van der Waals surface area (Å²) < 4.78 is 5.33. The zero-order valence-corrected chi connectivity index (χ0v) is 15.4. The number of aromatic nitrogens is 4. The maximum absolute atomic E-state index is 12.1. The molecule has 2 aromatic heterocycles. The second-order valence-corrected chi connectivity index (χ2v) is 6.67. The van der Waals surface area contributed by atoms with Crippen LogP contribution in [0.4, 0.5) is 5.69 Å². The van der Waals surface area contributed by atoms with E-state index in [1.165, 1.54) is 0 Å². The molecule has 0 radical (unpaired) electrons. The lowest BCUT2D eigenvalue weighted by molar-refractivity contribution is -0.126. The molecule has 0 aliphatic rings. The molecule has 140 valence electrons. The number of carbonyl (C=O) groups excluding carboxylic acids is 2. The minimum Gasteiger partial charge on any atom is -0.364 e. The van der Waals surface area contributed by atoms with E-state index < -0.39 is 0 Å². The van der Waals surface area contributed by atoms with E-state index in [9.17, 15) is 9.59 Å². The van der Waals surface area contributed by atoms with Crippen LogP contribution in [-0.4, -0.2) is 38.8 Å². The molecule has 0 aliphatic carbocycles. The van der Waals surface area contributed by atoms with Gasteiger partial charge in [0.2, 0.25) is 10.9 Å². The molecule has 1 aromatic carbocycles. The molecule has 9 nitrogen and oxygen atoms in total. The smallest absolute Gasteiger partial charge is 0.286 e. The van der Waals surface area contributed by atoms with Gasteiger partial charge >= 0.3 is 0 Å². The molecule has 3 aromatic rings. The molecule has 3 N–H and O–H groups in total. The van der Waals surface area contributed by atoms with Gasteiger partial charge in [-0.05, 0) is 19.1 Å². The van der Waals surface area contributed by atoms with Crippen LogP contribution in [0, 0.1) is 6.92 Å². The molecular formula is C17H18N6O3S. The fourth-order valence-electron chi connectivity index (χ4n) is 2.14. The standard InChI is InChI=1S/C17H18N6O3S/c1-11-12(8-19-21-11)7-18-14(24)9-26-10-15-22-23-17(27-15)16(25)20-13-5-3-2-4-6-13/h2-6,8H,7,9-10H2,1H3,(H,18,24)(H,19,21)(H,20,25). The summed E-state index contributed by atoms with van der Waals surface area (Å²) in [4.78, 5) is 23.9. The Morgan fingerprint density at radius 2 is 2.04 bits per heavy atom. The van der Waals surface area contributed by atoms with Gasteiger partial charge in [-0.3, -0.25) is 14.7 Å². The van der Waals surface area contributed by atoms with Gasteiger partial charge in [-0.15, -0.1) is 10.2 Å². The van der Waals surface area contributed by atoms with Crippen molar-refractivity contribution < 1.29 is 14.3 Å². The summed E-state index contributed by atoms with van der Waals surface area (Å²) in [6.07, 6.45) is 1.67. The van der Waals surface area contributed by atoms with E-state index in [1.54, 1.807) is 18.3 Å². The molecule has 0 atom stereocenters. The minimum absolute atomic E-state index is 0.106. The lowest BCUT2D eigenvalue weighted by Crippen LogP contribution is -2.27. The van der Waals surface area contributed by atoms with Crippen molar-refractivity contribution in [2.45, 2.75) is 20.1 Å². The number of aryl methyl sites for hydroxylation is 1. The summed E-state index contributed by atoms with van der Waals surface area (Å²) >= 11 is 1.12. The second kappa shape index (κ2) is 9.01. The first-order chi connectivity index (χ1) is 13.1. The number of amides is 2. The third kappa shape index (κ3) is 5.43. The van der Waals surface area contributed by atoms with Crippen LogP contribution in [0.1, 0.15) is 26.1 Å². The first-order valence-electron chi connectivity index (χ1n) is 8.14. The Morgan fingerprint density at radius 1 is 1.22 bits per heavy atom. The third-order valence-electron chi connectivity index (χ3n) is 3.56. The van der Waals surface area contributed by atoms with E-state index in [2.05, 4.69) is 31.0 Å². The van der Waals surface area contributed by atoms with Gasteiger partial charge in [-0.25, -0.2) is 0 Å². The number of ether oxygens (including phenoxy) is 1. The van der Waals surface area contributed by atoms with Crippen LogP contribution in [0.25, 0.3) is 0 Å². The summed E-state index contributed by atoms with van der Waals surface area (Å²) in [5.74, 6) is -0.583. The average molecular weight is 386 g/mol. The summed E-state index contributed by atoms with van der Waals surface area (Å²) in [6, 6.07) is 9.09. The molecule has 0 saturated heterocycles. The van der Waals surface area contributed by atoms with Crippen molar-refractivity contribution in [1.82, 2.24) is 25.7 Å². The molecule has 2 heterocycles. The van der Waals surface area contributed by atoms with Gasteiger partial charge in [0.1, 0.15) is 18.2 Å². The van der Waals surface area contributed by atoms with E-state index >= 15 is 0 Å². The molecule has 0 bridgehead atoms. The van der Waals surface area contributed by atoms with Gasteiger partial charge in [-0.1, -0.05) is 29.5 Å². The Hall–Kier alpha value is -3.11. The summed E-state index contributed by atoms with van der Waals surface area (Å²) in [7, 11) is 0. The first-order valence-corrected chi connectivity index (χ1v) is 8.95. The monoisotopic (exact) mass is 386 g/mol. The van der Waals surface area contributed by atoms with Gasteiger partial charge in [0, 0.05) is 23.5 Å². The van der Waals surface area contributed by atoms with Gasteiger partial charge in [0.25, 0.3) is 5.91 Å². The number of aromatic amines is 1. The Labute approximate surface area is 159 Å². The zero-order valence-electron chi connectivity index (χ0n) is 14.6. The van der Waals surface area contributed by atoms with Crippen LogP contribution in [-0.2, 0) is 22.7 Å². The first kappa shape index (κ1) is 18.7. The number of hydrogen-bond donors (Lipinski definition) is 3. The zero-order chi connectivity index (χ0) is 19.1. The second-order valence-electron chi connectivity index (χ2n) is 5.61. The molecular weight excluding hydrogens is 368 g/mol. The van der Waals surface area contributed by atoms with Crippen molar-refractivity contribution in [3.05, 3.63) is 57.8 Å². The molecule has 0 spiro atoms. The Morgan fingerprint density at radius 3 is 2.78 bits per heavy atom. The Balaban J connectivity index is 1.41. The lowest BCUT2D eigenvalue weighted by Gasteiger charge is -2.04. The molecule has 27 heavy (non-hydrogen) atoms. The third-order valence-corrected chi connectivity index (χ3v) is 4.46. The molecule has 2 amide bonds. The van der Waals surface area contributed by atoms with Gasteiger partial charge in [0.15, 0.2) is 0 Å². The van der Waals surface area contributed by atoms with Crippen LogP contribution in [0.3, 0.4) is 0 Å². The normalized spacial score (nSPS) is 10.6. The largest absolute Gasteiger partial charge is 0.364 e. The number of nitrogens with one attached hydrogen (secondary N) is 3. The highest BCUT2D eigenvalue weighted by molar-refractivity contribution is 7.13. The number of benzene rings is 1. The number of anilines is 1. The number of H-pyrrole nitrogens is 1. The van der Waals surface area contributed by atoms with E-state index in [4.69, 9.17) is 4.74 Å². The summed E-state index contributed by atoms with van der Waals surface area (Å²) in [5.41, 5.74) is 2.51. The van der Waals surface area contributed by atoms with E-state index in [0.29, 0.717) is 17.2 Å².